The van der Waals surface area contributed by atoms with Crippen molar-refractivity contribution in [3.63, 3.8) is 0 Å². The Morgan fingerprint density at radius 2 is 2.22 bits per heavy atom. The van der Waals surface area contributed by atoms with Crippen LogP contribution in [-0.4, -0.2) is 40.4 Å². The fourth-order valence-electron chi connectivity index (χ4n) is 1.13. The number of methoxy groups -OCH3 is 1. The van der Waals surface area contributed by atoms with Gasteiger partial charge in [0, 0.05) is 12.4 Å². The van der Waals surface area contributed by atoms with Crippen molar-refractivity contribution in [1.29, 1.82) is 0 Å². The molecule has 0 saturated carbocycles. The van der Waals surface area contributed by atoms with E-state index < -0.39 is 22.3 Å². The van der Waals surface area contributed by atoms with Gasteiger partial charge in [-0.25, -0.2) is 9.78 Å². The third kappa shape index (κ3) is 3.17. The number of hydrogen-bond acceptors (Lipinski definition) is 7. The fraction of sp³-hybridized carbons (Fsp3) is 0.375. The second-order valence-electron chi connectivity index (χ2n) is 2.90. The summed E-state index contributed by atoms with van der Waals surface area (Å²) in [7, 11) is 1.08. The Morgan fingerprint density at radius 1 is 1.56 bits per heavy atom. The number of aromatic nitrogens is 2. The van der Waals surface area contributed by atoms with Crippen molar-refractivity contribution in [1.82, 2.24) is 9.97 Å². The van der Waals surface area contributed by atoms with Crippen LogP contribution in [0.4, 0.5) is 11.5 Å². The SMILES string of the molecule is COC(=O)c1nc(Cl)nc(NCCCl)c1[N+](=O)[O-]. The van der Waals surface area contributed by atoms with Gasteiger partial charge in [-0.05, 0) is 11.6 Å². The Kier molecular flexibility index (Phi) is 5.05. The summed E-state index contributed by atoms with van der Waals surface area (Å²) in [6.45, 7) is 0.219. The zero-order valence-corrected chi connectivity index (χ0v) is 10.7. The topological polar surface area (TPSA) is 107 Å². The molecular formula is C8H8Cl2N4O4. The van der Waals surface area contributed by atoms with Crippen molar-refractivity contribution >= 4 is 40.7 Å². The molecule has 1 aromatic rings. The molecule has 1 N–H and O–H groups in total. The number of anilines is 1. The number of alkyl halides is 1. The molecule has 0 fully saturated rings. The third-order valence-corrected chi connectivity index (χ3v) is 2.16. The molecule has 18 heavy (non-hydrogen) atoms. The lowest BCUT2D eigenvalue weighted by Crippen LogP contribution is -2.14. The summed E-state index contributed by atoms with van der Waals surface area (Å²) in [6, 6.07) is 0. The van der Waals surface area contributed by atoms with Gasteiger partial charge in [0.15, 0.2) is 0 Å². The lowest BCUT2D eigenvalue weighted by atomic mass is 10.3. The van der Waals surface area contributed by atoms with E-state index in [1.807, 2.05) is 0 Å². The van der Waals surface area contributed by atoms with Gasteiger partial charge >= 0.3 is 11.7 Å². The summed E-state index contributed by atoms with van der Waals surface area (Å²) in [4.78, 5) is 28.7. The van der Waals surface area contributed by atoms with E-state index >= 15 is 0 Å². The maximum absolute atomic E-state index is 11.4. The molecule has 0 aliphatic carbocycles. The number of hydrogen-bond donors (Lipinski definition) is 1. The highest BCUT2D eigenvalue weighted by Gasteiger charge is 2.29. The minimum absolute atomic E-state index is 0.180. The van der Waals surface area contributed by atoms with E-state index in [2.05, 4.69) is 20.0 Å². The van der Waals surface area contributed by atoms with E-state index in [1.165, 1.54) is 0 Å². The summed E-state index contributed by atoms with van der Waals surface area (Å²) in [6.07, 6.45) is 0. The Bertz CT molecular complexity index is 482. The highest BCUT2D eigenvalue weighted by atomic mass is 35.5. The minimum atomic E-state index is -0.972. The van der Waals surface area contributed by atoms with E-state index in [1.54, 1.807) is 0 Å². The van der Waals surface area contributed by atoms with Gasteiger partial charge in [-0.1, -0.05) is 0 Å². The molecule has 0 unspecified atom stereocenters. The molecular weight excluding hydrogens is 287 g/mol. The highest BCUT2D eigenvalue weighted by Crippen LogP contribution is 2.27. The van der Waals surface area contributed by atoms with Gasteiger partial charge in [0.1, 0.15) is 0 Å². The first-order valence-electron chi connectivity index (χ1n) is 4.61. The van der Waals surface area contributed by atoms with E-state index in [9.17, 15) is 14.9 Å². The molecule has 0 radical (unpaired) electrons. The summed E-state index contributed by atoms with van der Waals surface area (Å²) in [5.41, 5.74) is -1.11. The quantitative estimate of drug-likeness (QED) is 0.288. The molecule has 98 valence electrons. The first-order chi connectivity index (χ1) is 8.51. The molecule has 0 atom stereocenters. The van der Waals surface area contributed by atoms with E-state index in [0.717, 1.165) is 7.11 Å². The zero-order chi connectivity index (χ0) is 13.7. The zero-order valence-electron chi connectivity index (χ0n) is 9.14. The average Bonchev–Trinajstić information content (AvgIpc) is 2.33. The van der Waals surface area contributed by atoms with Crippen molar-refractivity contribution in [3.05, 3.63) is 21.1 Å². The molecule has 1 aromatic heterocycles. The van der Waals surface area contributed by atoms with Crippen LogP contribution < -0.4 is 5.32 Å². The van der Waals surface area contributed by atoms with Gasteiger partial charge in [0.05, 0.1) is 12.0 Å². The van der Waals surface area contributed by atoms with E-state index in [4.69, 9.17) is 23.2 Å². The summed E-state index contributed by atoms with van der Waals surface area (Å²) < 4.78 is 4.40. The summed E-state index contributed by atoms with van der Waals surface area (Å²) in [5, 5.41) is 13.2. The Balaban J connectivity index is 3.36. The molecule has 0 bridgehead atoms. The van der Waals surface area contributed by atoms with Gasteiger partial charge in [0.2, 0.25) is 16.8 Å². The van der Waals surface area contributed by atoms with Gasteiger partial charge in [-0.3, -0.25) is 10.1 Å². The van der Waals surface area contributed by atoms with Crippen LogP contribution in [0.1, 0.15) is 10.5 Å². The summed E-state index contributed by atoms with van der Waals surface area (Å²) >= 11 is 11.0. The van der Waals surface area contributed by atoms with Crippen LogP contribution in [0.2, 0.25) is 5.28 Å². The molecule has 10 heteroatoms. The Hall–Kier alpha value is -1.67. The number of nitrogens with one attached hydrogen (secondary N) is 1. The highest BCUT2D eigenvalue weighted by molar-refractivity contribution is 6.28. The van der Waals surface area contributed by atoms with Crippen molar-refractivity contribution in [2.24, 2.45) is 0 Å². The van der Waals surface area contributed by atoms with Crippen LogP contribution in [0, 0.1) is 10.1 Å². The number of nitro groups is 1. The van der Waals surface area contributed by atoms with Crippen molar-refractivity contribution in [2.75, 3.05) is 24.9 Å². The second-order valence-corrected chi connectivity index (χ2v) is 3.62. The van der Waals surface area contributed by atoms with Gasteiger partial charge in [0.25, 0.3) is 0 Å². The smallest absolute Gasteiger partial charge is 0.364 e. The van der Waals surface area contributed by atoms with Crippen LogP contribution in [0.15, 0.2) is 0 Å². The lowest BCUT2D eigenvalue weighted by Gasteiger charge is -2.07. The minimum Gasteiger partial charge on any atom is -0.464 e. The van der Waals surface area contributed by atoms with E-state index in [-0.39, 0.29) is 23.5 Å². The Labute approximate surface area is 111 Å². The van der Waals surface area contributed by atoms with Gasteiger partial charge in [-0.15, -0.1) is 11.6 Å². The second kappa shape index (κ2) is 6.31. The molecule has 0 aromatic carbocycles. The molecule has 8 nitrogen and oxygen atoms in total. The fourth-order valence-corrected chi connectivity index (χ4v) is 1.39. The number of nitrogens with zero attached hydrogens (tertiary/aromatic N) is 3. The average molecular weight is 295 g/mol. The normalized spacial score (nSPS) is 9.94. The molecule has 0 spiro atoms. The molecule has 0 amide bonds. The van der Waals surface area contributed by atoms with Crippen LogP contribution in [0.5, 0.6) is 0 Å². The predicted octanol–water partition coefficient (Wildman–Crippen LogP) is 1.48. The van der Waals surface area contributed by atoms with Crippen molar-refractivity contribution in [3.8, 4) is 0 Å². The van der Waals surface area contributed by atoms with Crippen molar-refractivity contribution in [2.45, 2.75) is 0 Å². The number of carbonyl (C=O) groups excluding carboxylic acids is 1. The van der Waals surface area contributed by atoms with Crippen LogP contribution in [0.3, 0.4) is 0 Å². The molecule has 1 heterocycles. The van der Waals surface area contributed by atoms with Gasteiger partial charge < -0.3 is 10.1 Å². The molecule has 0 saturated heterocycles. The maximum Gasteiger partial charge on any atom is 0.364 e. The summed E-state index contributed by atoms with van der Waals surface area (Å²) in [5.74, 6) is -0.951. The largest absolute Gasteiger partial charge is 0.464 e. The predicted molar refractivity (Wildman–Crippen MR) is 64.2 cm³/mol. The van der Waals surface area contributed by atoms with Crippen molar-refractivity contribution < 1.29 is 14.5 Å². The van der Waals surface area contributed by atoms with Gasteiger partial charge in [-0.2, -0.15) is 4.98 Å². The number of carbonyl (C=O) groups is 1. The number of halogens is 2. The Morgan fingerprint density at radius 3 is 2.72 bits per heavy atom. The van der Waals surface area contributed by atoms with Crippen LogP contribution in [0.25, 0.3) is 0 Å². The molecule has 0 aliphatic heterocycles. The third-order valence-electron chi connectivity index (χ3n) is 1.80. The van der Waals surface area contributed by atoms with Crippen LogP contribution in [-0.2, 0) is 4.74 Å². The van der Waals surface area contributed by atoms with Crippen LogP contribution >= 0.6 is 23.2 Å². The number of ether oxygens (including phenoxy) is 1. The first kappa shape index (κ1) is 14.4. The molecule has 0 aliphatic rings. The molecule has 1 rings (SSSR count). The standard InChI is InChI=1S/C8H8Cl2N4O4/c1-18-7(15)4-5(14(16)17)6(11-3-2-9)13-8(10)12-4/h2-3H2,1H3,(H,11,12,13). The van der Waals surface area contributed by atoms with E-state index in [0.29, 0.717) is 0 Å². The first-order valence-corrected chi connectivity index (χ1v) is 5.52. The maximum atomic E-state index is 11.4. The number of rotatable bonds is 5. The number of esters is 1. The monoisotopic (exact) mass is 294 g/mol. The lowest BCUT2D eigenvalue weighted by molar-refractivity contribution is -0.384.